The van der Waals surface area contributed by atoms with Gasteiger partial charge in [-0.05, 0) is 56.0 Å². The van der Waals surface area contributed by atoms with Crippen LogP contribution in [-0.2, 0) is 17.9 Å². The zero-order valence-electron chi connectivity index (χ0n) is 16.0. The fourth-order valence-corrected chi connectivity index (χ4v) is 4.72. The SMILES string of the molecule is Cc1cccc(CN2CCCC3(CCN(Cc4cccc(O)c4)C3)C2=O)c1. The van der Waals surface area contributed by atoms with Gasteiger partial charge >= 0.3 is 0 Å². The van der Waals surface area contributed by atoms with E-state index in [0.29, 0.717) is 11.7 Å². The molecule has 2 aromatic rings. The Balaban J connectivity index is 1.44. The molecule has 142 valence electrons. The van der Waals surface area contributed by atoms with E-state index in [1.165, 1.54) is 11.1 Å². The van der Waals surface area contributed by atoms with Crippen LogP contribution >= 0.6 is 0 Å². The molecule has 1 spiro atoms. The minimum absolute atomic E-state index is 0.223. The third-order valence-corrected chi connectivity index (χ3v) is 6.03. The molecule has 2 heterocycles. The lowest BCUT2D eigenvalue weighted by molar-refractivity contribution is -0.146. The summed E-state index contributed by atoms with van der Waals surface area (Å²) < 4.78 is 0. The van der Waals surface area contributed by atoms with Crippen LogP contribution in [0.1, 0.15) is 36.0 Å². The topological polar surface area (TPSA) is 43.8 Å². The number of aryl methyl sites for hydroxylation is 1. The first kappa shape index (κ1) is 18.1. The number of carbonyl (C=O) groups excluding carboxylic acids is 1. The summed E-state index contributed by atoms with van der Waals surface area (Å²) in [6.07, 6.45) is 3.01. The van der Waals surface area contributed by atoms with Crippen molar-refractivity contribution < 1.29 is 9.90 Å². The summed E-state index contributed by atoms with van der Waals surface area (Å²) in [5.74, 6) is 0.633. The standard InChI is InChI=1S/C23H28N2O2/c1-18-5-2-6-19(13-18)16-25-11-4-9-23(22(25)27)10-12-24(17-23)15-20-7-3-8-21(26)14-20/h2-3,5-8,13-14,26H,4,9-12,15-17H2,1H3. The van der Waals surface area contributed by atoms with Crippen molar-refractivity contribution in [3.8, 4) is 5.75 Å². The van der Waals surface area contributed by atoms with Crippen molar-refractivity contribution in [3.05, 3.63) is 65.2 Å². The molecule has 1 unspecified atom stereocenters. The van der Waals surface area contributed by atoms with E-state index in [-0.39, 0.29) is 5.41 Å². The average molecular weight is 364 g/mol. The van der Waals surface area contributed by atoms with Gasteiger partial charge in [-0.2, -0.15) is 0 Å². The van der Waals surface area contributed by atoms with Gasteiger partial charge in [-0.1, -0.05) is 42.0 Å². The van der Waals surface area contributed by atoms with Crippen LogP contribution in [0.5, 0.6) is 5.75 Å². The van der Waals surface area contributed by atoms with E-state index in [9.17, 15) is 9.90 Å². The highest BCUT2D eigenvalue weighted by Crippen LogP contribution is 2.41. The number of aromatic hydroxyl groups is 1. The second kappa shape index (κ2) is 7.35. The molecular weight excluding hydrogens is 336 g/mol. The molecule has 4 rings (SSSR count). The number of piperidine rings is 1. The number of hydrogen-bond acceptors (Lipinski definition) is 3. The fraction of sp³-hybridized carbons (Fsp3) is 0.435. The van der Waals surface area contributed by atoms with E-state index in [4.69, 9.17) is 0 Å². The number of phenolic OH excluding ortho intramolecular Hbond substituents is 1. The molecule has 0 radical (unpaired) electrons. The lowest BCUT2D eigenvalue weighted by Gasteiger charge is -2.39. The highest BCUT2D eigenvalue weighted by molar-refractivity contribution is 5.84. The largest absolute Gasteiger partial charge is 0.508 e. The van der Waals surface area contributed by atoms with Gasteiger partial charge in [0.2, 0.25) is 5.91 Å². The van der Waals surface area contributed by atoms with Gasteiger partial charge in [-0.3, -0.25) is 9.69 Å². The first-order valence-electron chi connectivity index (χ1n) is 9.89. The molecule has 1 amide bonds. The van der Waals surface area contributed by atoms with Crippen molar-refractivity contribution in [1.82, 2.24) is 9.80 Å². The van der Waals surface area contributed by atoms with Gasteiger partial charge in [0.25, 0.3) is 0 Å². The van der Waals surface area contributed by atoms with Crippen molar-refractivity contribution in [1.29, 1.82) is 0 Å². The first-order chi connectivity index (χ1) is 13.0. The highest BCUT2D eigenvalue weighted by atomic mass is 16.3. The summed E-state index contributed by atoms with van der Waals surface area (Å²) in [6, 6.07) is 15.9. The van der Waals surface area contributed by atoms with Crippen LogP contribution in [-0.4, -0.2) is 40.4 Å². The van der Waals surface area contributed by atoms with Crippen molar-refractivity contribution in [3.63, 3.8) is 0 Å². The molecule has 2 aliphatic heterocycles. The number of rotatable bonds is 4. The Hall–Kier alpha value is -2.33. The quantitative estimate of drug-likeness (QED) is 0.899. The van der Waals surface area contributed by atoms with Crippen LogP contribution < -0.4 is 0 Å². The lowest BCUT2D eigenvalue weighted by Crippen LogP contribution is -2.49. The van der Waals surface area contributed by atoms with E-state index in [0.717, 1.165) is 57.5 Å². The second-order valence-electron chi connectivity index (χ2n) is 8.23. The predicted octanol–water partition coefficient (Wildman–Crippen LogP) is 3.72. The Morgan fingerprint density at radius 1 is 1.00 bits per heavy atom. The Morgan fingerprint density at radius 3 is 2.56 bits per heavy atom. The maximum atomic E-state index is 13.4. The molecule has 0 bridgehead atoms. The van der Waals surface area contributed by atoms with E-state index in [1.807, 2.05) is 18.2 Å². The smallest absolute Gasteiger partial charge is 0.230 e. The highest BCUT2D eigenvalue weighted by Gasteiger charge is 2.48. The molecule has 4 heteroatoms. The molecule has 2 aromatic carbocycles. The Kier molecular flexibility index (Phi) is 4.92. The summed E-state index contributed by atoms with van der Waals surface area (Å²) in [5.41, 5.74) is 3.34. The van der Waals surface area contributed by atoms with Gasteiger partial charge in [-0.15, -0.1) is 0 Å². The monoisotopic (exact) mass is 364 g/mol. The Bertz CT molecular complexity index is 835. The van der Waals surface area contributed by atoms with Crippen molar-refractivity contribution in [2.24, 2.45) is 5.41 Å². The minimum Gasteiger partial charge on any atom is -0.508 e. The van der Waals surface area contributed by atoms with E-state index in [1.54, 1.807) is 6.07 Å². The van der Waals surface area contributed by atoms with Gasteiger partial charge in [0.05, 0.1) is 5.41 Å². The molecule has 4 nitrogen and oxygen atoms in total. The third-order valence-electron chi connectivity index (χ3n) is 6.03. The van der Waals surface area contributed by atoms with Crippen molar-refractivity contribution >= 4 is 5.91 Å². The summed E-state index contributed by atoms with van der Waals surface area (Å²) >= 11 is 0. The van der Waals surface area contributed by atoms with Crippen LogP contribution in [0.3, 0.4) is 0 Å². The summed E-state index contributed by atoms with van der Waals surface area (Å²) in [5, 5.41) is 9.69. The summed E-state index contributed by atoms with van der Waals surface area (Å²) in [6.45, 7) is 6.24. The summed E-state index contributed by atoms with van der Waals surface area (Å²) in [7, 11) is 0. The zero-order chi connectivity index (χ0) is 18.9. The molecule has 2 saturated heterocycles. The zero-order valence-corrected chi connectivity index (χ0v) is 16.0. The molecular formula is C23H28N2O2. The molecule has 27 heavy (non-hydrogen) atoms. The van der Waals surface area contributed by atoms with Crippen molar-refractivity contribution in [2.45, 2.75) is 39.3 Å². The summed E-state index contributed by atoms with van der Waals surface area (Å²) in [4.78, 5) is 17.8. The number of phenols is 1. The third kappa shape index (κ3) is 3.86. The number of likely N-dealkylation sites (tertiary alicyclic amines) is 2. The van der Waals surface area contributed by atoms with E-state index < -0.39 is 0 Å². The predicted molar refractivity (Wildman–Crippen MR) is 106 cm³/mol. The van der Waals surface area contributed by atoms with Crippen LogP contribution in [0.2, 0.25) is 0 Å². The molecule has 1 atom stereocenters. The molecule has 2 fully saturated rings. The maximum absolute atomic E-state index is 13.4. The van der Waals surface area contributed by atoms with Crippen LogP contribution in [0.15, 0.2) is 48.5 Å². The van der Waals surface area contributed by atoms with Gasteiger partial charge in [0, 0.05) is 26.2 Å². The molecule has 0 saturated carbocycles. The van der Waals surface area contributed by atoms with Crippen LogP contribution in [0, 0.1) is 12.3 Å². The van der Waals surface area contributed by atoms with Crippen LogP contribution in [0.25, 0.3) is 0 Å². The van der Waals surface area contributed by atoms with Gasteiger partial charge in [0.1, 0.15) is 5.75 Å². The fourth-order valence-electron chi connectivity index (χ4n) is 4.72. The van der Waals surface area contributed by atoms with Crippen LogP contribution in [0.4, 0.5) is 0 Å². The maximum Gasteiger partial charge on any atom is 0.230 e. The number of amides is 1. The molecule has 2 aliphatic rings. The minimum atomic E-state index is -0.223. The average Bonchev–Trinajstić information content (AvgIpc) is 3.03. The number of benzene rings is 2. The van der Waals surface area contributed by atoms with Crippen molar-refractivity contribution in [2.75, 3.05) is 19.6 Å². The number of carbonyl (C=O) groups is 1. The number of hydrogen-bond donors (Lipinski definition) is 1. The van der Waals surface area contributed by atoms with Gasteiger partial charge < -0.3 is 10.0 Å². The number of nitrogens with zero attached hydrogens (tertiary/aromatic N) is 2. The van der Waals surface area contributed by atoms with E-state index in [2.05, 4.69) is 41.0 Å². The first-order valence-corrected chi connectivity index (χ1v) is 9.89. The Morgan fingerprint density at radius 2 is 1.78 bits per heavy atom. The van der Waals surface area contributed by atoms with Gasteiger partial charge in [0.15, 0.2) is 0 Å². The van der Waals surface area contributed by atoms with Gasteiger partial charge in [-0.25, -0.2) is 0 Å². The Labute approximate surface area is 161 Å². The van der Waals surface area contributed by atoms with E-state index >= 15 is 0 Å². The molecule has 1 N–H and O–H groups in total. The molecule has 0 aliphatic carbocycles. The molecule has 0 aromatic heterocycles. The lowest BCUT2D eigenvalue weighted by atomic mass is 9.78. The second-order valence-corrected chi connectivity index (χ2v) is 8.23. The normalized spacial score (nSPS) is 23.3.